The van der Waals surface area contributed by atoms with Gasteiger partial charge in [-0.2, -0.15) is 5.26 Å². The lowest BCUT2D eigenvalue weighted by atomic mass is 9.93. The lowest BCUT2D eigenvalue weighted by molar-refractivity contribution is -0.137. The molecule has 0 aliphatic carbocycles. The summed E-state index contributed by atoms with van der Waals surface area (Å²) >= 11 is 0. The molecule has 0 aromatic heterocycles. The maximum Gasteiger partial charge on any atom is 0.349 e. The SMILES string of the molecule is [3H]CC([3H])([3H])OC(=O)C(C#N)=C(c1ccccc1)c1ccccc1. The van der Waals surface area contributed by atoms with Crippen LogP contribution in [0.2, 0.25) is 0 Å². The monoisotopic (exact) mass is 283 g/mol. The average molecular weight is 283 g/mol. The van der Waals surface area contributed by atoms with Crippen molar-refractivity contribution in [2.45, 2.75) is 6.90 Å². The van der Waals surface area contributed by atoms with Gasteiger partial charge in [0.05, 0.1) is 9.30 Å². The zero-order valence-corrected chi connectivity index (χ0v) is 11.2. The van der Waals surface area contributed by atoms with Crippen LogP contribution in [0, 0.1) is 11.3 Å². The number of nitriles is 1. The Morgan fingerprint density at radius 2 is 1.67 bits per heavy atom. The predicted octanol–water partition coefficient (Wildman–Crippen LogP) is 3.58. The summed E-state index contributed by atoms with van der Waals surface area (Å²) in [6.45, 7) is -3.19. The Balaban J connectivity index is 2.61. The molecule has 0 amide bonds. The van der Waals surface area contributed by atoms with E-state index < -0.39 is 19.4 Å². The summed E-state index contributed by atoms with van der Waals surface area (Å²) in [5, 5.41) is 9.48. The highest BCUT2D eigenvalue weighted by Crippen LogP contribution is 2.27. The average Bonchev–Trinajstić information content (AvgIpc) is 2.60. The van der Waals surface area contributed by atoms with Crippen molar-refractivity contribution in [3.8, 4) is 6.07 Å². The van der Waals surface area contributed by atoms with Crippen LogP contribution in [0.4, 0.5) is 0 Å². The summed E-state index contributed by atoms with van der Waals surface area (Å²) in [5.74, 6) is -1.09. The van der Waals surface area contributed by atoms with E-state index in [-0.39, 0.29) is 5.57 Å². The summed E-state index contributed by atoms with van der Waals surface area (Å²) in [4.78, 5) is 12.3. The van der Waals surface area contributed by atoms with Crippen molar-refractivity contribution < 1.29 is 13.6 Å². The van der Waals surface area contributed by atoms with Crippen LogP contribution >= 0.6 is 0 Å². The molecule has 0 aliphatic heterocycles. The van der Waals surface area contributed by atoms with Crippen LogP contribution in [0.1, 0.15) is 22.1 Å². The molecule has 0 saturated carbocycles. The molecular formula is C18H15NO2. The van der Waals surface area contributed by atoms with Crippen molar-refractivity contribution in [1.29, 1.82) is 5.26 Å². The Morgan fingerprint density at radius 1 is 1.14 bits per heavy atom. The first kappa shape index (κ1) is 10.9. The number of nitrogens with zero attached hydrogens (tertiary/aromatic N) is 1. The van der Waals surface area contributed by atoms with Crippen LogP contribution in [0.25, 0.3) is 5.57 Å². The van der Waals surface area contributed by atoms with E-state index in [1.165, 1.54) is 0 Å². The Hall–Kier alpha value is -2.86. The van der Waals surface area contributed by atoms with Crippen molar-refractivity contribution >= 4 is 11.5 Å². The van der Waals surface area contributed by atoms with Crippen molar-refractivity contribution in [2.24, 2.45) is 0 Å². The van der Waals surface area contributed by atoms with E-state index in [0.717, 1.165) is 0 Å². The van der Waals surface area contributed by atoms with Crippen LogP contribution in [-0.2, 0) is 9.53 Å². The second-order valence-corrected chi connectivity index (χ2v) is 4.13. The molecule has 0 aliphatic rings. The second kappa shape index (κ2) is 7.06. The van der Waals surface area contributed by atoms with E-state index in [0.29, 0.717) is 16.7 Å². The smallest absolute Gasteiger partial charge is 0.349 e. The third-order valence-corrected chi connectivity index (χ3v) is 2.86. The largest absolute Gasteiger partial charge is 0.462 e. The molecule has 0 heterocycles. The van der Waals surface area contributed by atoms with Gasteiger partial charge in [-0.25, -0.2) is 4.79 Å². The molecule has 0 fully saturated rings. The van der Waals surface area contributed by atoms with Crippen LogP contribution in [0.15, 0.2) is 66.2 Å². The molecule has 3 heteroatoms. The van der Waals surface area contributed by atoms with Gasteiger partial charge in [-0.1, -0.05) is 60.7 Å². The first-order valence-electron chi connectivity index (χ1n) is 7.97. The summed E-state index contributed by atoms with van der Waals surface area (Å²) in [5.41, 5.74) is 1.35. The Kier molecular flexibility index (Phi) is 3.66. The van der Waals surface area contributed by atoms with Crippen molar-refractivity contribution in [1.82, 2.24) is 0 Å². The minimum Gasteiger partial charge on any atom is -0.462 e. The molecule has 0 saturated heterocycles. The van der Waals surface area contributed by atoms with Crippen LogP contribution in [0.3, 0.4) is 0 Å². The molecule has 104 valence electrons. The molecule has 0 spiro atoms. The fourth-order valence-corrected chi connectivity index (χ4v) is 1.99. The fraction of sp³-hybridized carbons (Fsp3) is 0.111. The molecule has 2 aromatic carbocycles. The molecule has 2 rings (SSSR count). The fourth-order valence-electron chi connectivity index (χ4n) is 1.99. The van der Waals surface area contributed by atoms with E-state index in [9.17, 15) is 10.1 Å². The lowest BCUT2D eigenvalue weighted by Gasteiger charge is -2.11. The molecular weight excluding hydrogens is 262 g/mol. The highest BCUT2D eigenvalue weighted by molar-refractivity contribution is 6.05. The Labute approximate surface area is 128 Å². The highest BCUT2D eigenvalue weighted by atomic mass is 16.5. The zero-order valence-electron chi connectivity index (χ0n) is 14.2. The number of esters is 1. The third kappa shape index (κ3) is 3.37. The topological polar surface area (TPSA) is 50.1 Å². The van der Waals surface area contributed by atoms with Gasteiger partial charge < -0.3 is 4.74 Å². The van der Waals surface area contributed by atoms with Gasteiger partial charge in [0.15, 0.2) is 0 Å². The van der Waals surface area contributed by atoms with Gasteiger partial charge in [0.2, 0.25) is 0 Å². The van der Waals surface area contributed by atoms with E-state index in [4.69, 9.17) is 8.85 Å². The summed E-state index contributed by atoms with van der Waals surface area (Å²) in [6, 6.07) is 19.6. The van der Waals surface area contributed by atoms with Gasteiger partial charge in [-0.15, -0.1) is 0 Å². The second-order valence-electron chi connectivity index (χ2n) is 4.13. The first-order valence-corrected chi connectivity index (χ1v) is 6.26. The predicted molar refractivity (Wildman–Crippen MR) is 81.2 cm³/mol. The molecule has 0 radical (unpaired) electrons. The van der Waals surface area contributed by atoms with E-state index in [1.54, 1.807) is 48.5 Å². The molecule has 0 unspecified atom stereocenters. The summed E-state index contributed by atoms with van der Waals surface area (Å²) in [7, 11) is 0. The van der Waals surface area contributed by atoms with Gasteiger partial charge >= 0.3 is 5.97 Å². The summed E-state index contributed by atoms with van der Waals surface area (Å²) < 4.78 is 26.6. The minimum atomic E-state index is -2.45. The maximum atomic E-state index is 12.3. The molecule has 21 heavy (non-hydrogen) atoms. The number of benzene rings is 2. The zero-order chi connectivity index (χ0) is 17.6. The molecule has 0 bridgehead atoms. The molecule has 0 atom stereocenters. The highest BCUT2D eigenvalue weighted by Gasteiger charge is 2.19. The van der Waals surface area contributed by atoms with Gasteiger partial charge in [0, 0.05) is 6.94 Å². The standard InChI is InChI=1S/C18H15NO2/c1-2-21-18(20)16(13-19)17(14-9-5-3-6-10-14)15-11-7-4-8-12-15/h3-12H,2H2,1H3/i1T,2T2. The summed E-state index contributed by atoms with van der Waals surface area (Å²) in [6.07, 6.45) is 0. The number of hydrogen-bond acceptors (Lipinski definition) is 3. The number of rotatable bonds is 4. The van der Waals surface area contributed by atoms with Gasteiger partial charge in [0.1, 0.15) is 11.6 Å². The normalized spacial score (nSPS) is 12.2. The van der Waals surface area contributed by atoms with E-state index in [1.807, 2.05) is 18.2 Å². The number of carbonyl (C=O) groups is 1. The van der Waals surface area contributed by atoms with Crippen molar-refractivity contribution in [2.75, 3.05) is 6.56 Å². The molecule has 0 N–H and O–H groups in total. The van der Waals surface area contributed by atoms with Gasteiger partial charge in [-0.3, -0.25) is 0 Å². The molecule has 2 aromatic rings. The lowest BCUT2D eigenvalue weighted by Crippen LogP contribution is -2.09. The third-order valence-electron chi connectivity index (χ3n) is 2.86. The Bertz CT molecular complexity index is 739. The minimum absolute atomic E-state index is 0.301. The van der Waals surface area contributed by atoms with E-state index in [2.05, 4.69) is 0 Å². The Morgan fingerprint density at radius 3 is 2.10 bits per heavy atom. The number of hydrogen-bond donors (Lipinski definition) is 0. The van der Waals surface area contributed by atoms with Crippen molar-refractivity contribution in [3.63, 3.8) is 0 Å². The van der Waals surface area contributed by atoms with E-state index >= 15 is 0 Å². The van der Waals surface area contributed by atoms with Crippen molar-refractivity contribution in [3.05, 3.63) is 77.4 Å². The first-order chi connectivity index (χ1) is 11.5. The van der Waals surface area contributed by atoms with Gasteiger partial charge in [0.25, 0.3) is 0 Å². The van der Waals surface area contributed by atoms with Crippen LogP contribution < -0.4 is 0 Å². The van der Waals surface area contributed by atoms with Crippen LogP contribution in [0.5, 0.6) is 0 Å². The molecule has 3 nitrogen and oxygen atoms in total. The quantitative estimate of drug-likeness (QED) is 0.489. The number of carbonyl (C=O) groups excluding carboxylic acids is 1. The van der Waals surface area contributed by atoms with Crippen LogP contribution in [-0.4, -0.2) is 12.5 Å². The number of ether oxygens (including phenoxy) is 1. The maximum absolute atomic E-state index is 12.3. The van der Waals surface area contributed by atoms with Gasteiger partial charge in [-0.05, 0) is 18.0 Å².